The summed E-state index contributed by atoms with van der Waals surface area (Å²) in [4.78, 5) is 16.6. The highest BCUT2D eigenvalue weighted by molar-refractivity contribution is 7.15. The number of amides is 1. The summed E-state index contributed by atoms with van der Waals surface area (Å²) in [6.45, 7) is 4.06. The summed E-state index contributed by atoms with van der Waals surface area (Å²) < 4.78 is 0. The molecular formula is C16H16N4OS2. The molecule has 0 saturated carbocycles. The minimum Gasteiger partial charge on any atom is -0.300 e. The van der Waals surface area contributed by atoms with Crippen LogP contribution in [0.5, 0.6) is 0 Å². The number of carbonyl (C=O) groups excluding carboxylic acids is 1. The van der Waals surface area contributed by atoms with E-state index in [4.69, 9.17) is 0 Å². The molecule has 1 aromatic carbocycles. The standard InChI is InChI=1S/C16H16N4OS2/c1-3-14-19-20-16(23-14)18-13(21)8-12-9-22-15(17-12)11-6-4-10(2)5-7-11/h4-7,9H,3,8H2,1-2H3,(H,18,20,21). The van der Waals surface area contributed by atoms with Gasteiger partial charge in [-0.2, -0.15) is 0 Å². The van der Waals surface area contributed by atoms with Crippen molar-refractivity contribution in [1.82, 2.24) is 15.2 Å². The fourth-order valence-electron chi connectivity index (χ4n) is 1.99. The van der Waals surface area contributed by atoms with E-state index in [9.17, 15) is 4.79 Å². The Balaban J connectivity index is 1.64. The number of nitrogens with zero attached hydrogens (tertiary/aromatic N) is 3. The van der Waals surface area contributed by atoms with Gasteiger partial charge in [0.25, 0.3) is 0 Å². The first-order valence-electron chi connectivity index (χ1n) is 7.27. The number of carbonyl (C=O) groups is 1. The van der Waals surface area contributed by atoms with Crippen LogP contribution >= 0.6 is 22.7 Å². The molecule has 1 N–H and O–H groups in total. The third-order valence-corrected chi connectivity index (χ3v) is 5.13. The molecule has 3 rings (SSSR count). The van der Waals surface area contributed by atoms with Gasteiger partial charge in [-0.05, 0) is 13.3 Å². The molecule has 0 saturated heterocycles. The number of thiazole rings is 1. The number of anilines is 1. The van der Waals surface area contributed by atoms with Gasteiger partial charge in [0, 0.05) is 10.9 Å². The lowest BCUT2D eigenvalue weighted by Gasteiger charge is -1.99. The van der Waals surface area contributed by atoms with Crippen LogP contribution in [0.2, 0.25) is 0 Å². The Kier molecular flexibility index (Phi) is 4.78. The van der Waals surface area contributed by atoms with Gasteiger partial charge in [-0.1, -0.05) is 48.1 Å². The summed E-state index contributed by atoms with van der Waals surface area (Å²) in [5, 5.41) is 15.0. The topological polar surface area (TPSA) is 67.8 Å². The zero-order chi connectivity index (χ0) is 16.2. The predicted octanol–water partition coefficient (Wildman–Crippen LogP) is 3.71. The van der Waals surface area contributed by atoms with Gasteiger partial charge in [0.05, 0.1) is 12.1 Å². The smallest absolute Gasteiger partial charge is 0.232 e. The van der Waals surface area contributed by atoms with Crippen LogP contribution < -0.4 is 5.32 Å². The first-order chi connectivity index (χ1) is 11.1. The fraction of sp³-hybridized carbons (Fsp3) is 0.250. The molecule has 7 heteroatoms. The summed E-state index contributed by atoms with van der Waals surface area (Å²) in [7, 11) is 0. The first-order valence-corrected chi connectivity index (χ1v) is 8.97. The number of aromatic nitrogens is 3. The van der Waals surface area contributed by atoms with Crippen molar-refractivity contribution in [3.05, 3.63) is 45.9 Å². The summed E-state index contributed by atoms with van der Waals surface area (Å²) >= 11 is 2.95. The molecule has 0 fully saturated rings. The van der Waals surface area contributed by atoms with Crippen LogP contribution in [-0.2, 0) is 17.6 Å². The zero-order valence-electron chi connectivity index (χ0n) is 12.9. The average Bonchev–Trinajstić information content (AvgIpc) is 3.17. The Morgan fingerprint density at radius 1 is 1.22 bits per heavy atom. The predicted molar refractivity (Wildman–Crippen MR) is 93.9 cm³/mol. The van der Waals surface area contributed by atoms with E-state index in [0.717, 1.165) is 27.7 Å². The van der Waals surface area contributed by atoms with E-state index in [1.165, 1.54) is 16.9 Å². The van der Waals surface area contributed by atoms with E-state index in [2.05, 4.69) is 39.6 Å². The largest absolute Gasteiger partial charge is 0.300 e. The Labute approximate surface area is 142 Å². The van der Waals surface area contributed by atoms with Gasteiger partial charge in [0.15, 0.2) is 0 Å². The van der Waals surface area contributed by atoms with Crippen molar-refractivity contribution >= 4 is 33.7 Å². The van der Waals surface area contributed by atoms with E-state index >= 15 is 0 Å². The number of hydrogen-bond donors (Lipinski definition) is 1. The van der Waals surface area contributed by atoms with Gasteiger partial charge in [0.2, 0.25) is 11.0 Å². The SMILES string of the molecule is CCc1nnc(NC(=O)Cc2csc(-c3ccc(C)cc3)n2)s1. The van der Waals surface area contributed by atoms with E-state index in [1.54, 1.807) is 11.3 Å². The molecule has 0 bridgehead atoms. The normalized spacial score (nSPS) is 10.7. The molecule has 23 heavy (non-hydrogen) atoms. The lowest BCUT2D eigenvalue weighted by atomic mass is 10.2. The number of aryl methyl sites for hydroxylation is 2. The van der Waals surface area contributed by atoms with Crippen LogP contribution in [0.3, 0.4) is 0 Å². The molecule has 0 atom stereocenters. The van der Waals surface area contributed by atoms with Crippen LogP contribution in [0, 0.1) is 6.92 Å². The number of nitrogens with one attached hydrogen (secondary N) is 1. The summed E-state index contributed by atoms with van der Waals surface area (Å²) in [6.07, 6.45) is 1.06. The lowest BCUT2D eigenvalue weighted by Crippen LogP contribution is -2.14. The Morgan fingerprint density at radius 3 is 2.70 bits per heavy atom. The Morgan fingerprint density at radius 2 is 2.00 bits per heavy atom. The highest BCUT2D eigenvalue weighted by atomic mass is 32.1. The van der Waals surface area contributed by atoms with Crippen molar-refractivity contribution in [1.29, 1.82) is 0 Å². The minimum absolute atomic E-state index is 0.121. The van der Waals surface area contributed by atoms with Gasteiger partial charge in [0.1, 0.15) is 10.0 Å². The van der Waals surface area contributed by atoms with Crippen LogP contribution in [0.4, 0.5) is 5.13 Å². The van der Waals surface area contributed by atoms with Gasteiger partial charge >= 0.3 is 0 Å². The maximum absolute atomic E-state index is 12.1. The molecule has 0 radical (unpaired) electrons. The molecule has 0 aliphatic heterocycles. The van der Waals surface area contributed by atoms with Crippen molar-refractivity contribution < 1.29 is 4.79 Å². The molecule has 0 spiro atoms. The highest BCUT2D eigenvalue weighted by Crippen LogP contribution is 2.24. The van der Waals surface area contributed by atoms with Gasteiger partial charge in [-0.25, -0.2) is 4.98 Å². The Bertz CT molecular complexity index is 808. The molecule has 0 unspecified atom stereocenters. The third kappa shape index (κ3) is 4.00. The number of benzene rings is 1. The molecule has 3 aromatic rings. The molecule has 1 amide bonds. The van der Waals surface area contributed by atoms with Crippen molar-refractivity contribution in [3.63, 3.8) is 0 Å². The second-order valence-electron chi connectivity index (χ2n) is 5.09. The van der Waals surface area contributed by atoms with E-state index in [1.807, 2.05) is 24.4 Å². The van der Waals surface area contributed by atoms with E-state index in [0.29, 0.717) is 5.13 Å². The van der Waals surface area contributed by atoms with Gasteiger partial charge in [-0.3, -0.25) is 4.79 Å². The molecule has 2 heterocycles. The monoisotopic (exact) mass is 344 g/mol. The number of rotatable bonds is 5. The zero-order valence-corrected chi connectivity index (χ0v) is 14.5. The maximum Gasteiger partial charge on any atom is 0.232 e. The van der Waals surface area contributed by atoms with Crippen molar-refractivity contribution in [2.24, 2.45) is 0 Å². The van der Waals surface area contributed by atoms with Crippen LogP contribution in [0.1, 0.15) is 23.2 Å². The highest BCUT2D eigenvalue weighted by Gasteiger charge is 2.11. The number of hydrogen-bond acceptors (Lipinski definition) is 6. The van der Waals surface area contributed by atoms with Crippen molar-refractivity contribution in [3.8, 4) is 10.6 Å². The van der Waals surface area contributed by atoms with Gasteiger partial charge in [-0.15, -0.1) is 21.5 Å². The second-order valence-corrected chi connectivity index (χ2v) is 7.01. The molecule has 5 nitrogen and oxygen atoms in total. The average molecular weight is 344 g/mol. The lowest BCUT2D eigenvalue weighted by molar-refractivity contribution is -0.115. The maximum atomic E-state index is 12.1. The fourth-order valence-corrected chi connectivity index (χ4v) is 3.51. The molecular weight excluding hydrogens is 328 g/mol. The summed E-state index contributed by atoms with van der Waals surface area (Å²) in [5.41, 5.74) is 3.06. The Hall–Kier alpha value is -2.12. The van der Waals surface area contributed by atoms with Crippen LogP contribution in [-0.4, -0.2) is 21.1 Å². The third-order valence-electron chi connectivity index (χ3n) is 3.21. The summed E-state index contributed by atoms with van der Waals surface area (Å²) in [6, 6.07) is 8.21. The second kappa shape index (κ2) is 6.97. The first kappa shape index (κ1) is 15.8. The van der Waals surface area contributed by atoms with Crippen LogP contribution in [0.15, 0.2) is 29.6 Å². The van der Waals surface area contributed by atoms with E-state index in [-0.39, 0.29) is 12.3 Å². The van der Waals surface area contributed by atoms with Gasteiger partial charge < -0.3 is 5.32 Å². The molecule has 0 aliphatic carbocycles. The molecule has 2 aromatic heterocycles. The van der Waals surface area contributed by atoms with Crippen molar-refractivity contribution in [2.45, 2.75) is 26.7 Å². The quantitative estimate of drug-likeness (QED) is 0.766. The summed E-state index contributed by atoms with van der Waals surface area (Å²) in [5.74, 6) is -0.121. The molecule has 118 valence electrons. The minimum atomic E-state index is -0.121. The van der Waals surface area contributed by atoms with Crippen molar-refractivity contribution in [2.75, 3.05) is 5.32 Å². The van der Waals surface area contributed by atoms with Crippen LogP contribution in [0.25, 0.3) is 10.6 Å². The van der Waals surface area contributed by atoms with E-state index < -0.39 is 0 Å². The molecule has 0 aliphatic rings.